The highest BCUT2D eigenvalue weighted by molar-refractivity contribution is 5.32. The van der Waals surface area contributed by atoms with Crippen LogP contribution in [0.2, 0.25) is 0 Å². The monoisotopic (exact) mass is 243 g/mol. The molecule has 0 aliphatic carbocycles. The summed E-state index contributed by atoms with van der Waals surface area (Å²) in [6, 6.07) is 15.3. The summed E-state index contributed by atoms with van der Waals surface area (Å²) < 4.78 is 40.5. The van der Waals surface area contributed by atoms with E-state index in [0.717, 1.165) is 16.0 Å². The molecule has 1 aliphatic rings. The van der Waals surface area contributed by atoms with Crippen LogP contribution in [0.25, 0.3) is 0 Å². The number of benzene rings is 2. The lowest BCUT2D eigenvalue weighted by Crippen LogP contribution is -2.56. The first-order valence-corrected chi connectivity index (χ1v) is 5.89. The number of hydrogen-bond donors (Lipinski definition) is 1. The molecule has 92 valence electrons. The van der Waals surface area contributed by atoms with Crippen molar-refractivity contribution in [3.8, 4) is 0 Å². The molecule has 0 spiro atoms. The fourth-order valence-corrected chi connectivity index (χ4v) is 2.15. The van der Waals surface area contributed by atoms with Crippen LogP contribution in [0.3, 0.4) is 0 Å². The van der Waals surface area contributed by atoms with Crippen molar-refractivity contribution in [2.24, 2.45) is 5.73 Å². The molecule has 0 unspecified atom stereocenters. The Labute approximate surface area is 115 Å². The van der Waals surface area contributed by atoms with Crippen LogP contribution in [0, 0.1) is 0 Å². The number of nitrogens with zero attached hydrogens (tertiary/aromatic N) is 1. The third kappa shape index (κ3) is 2.17. The first kappa shape index (κ1) is 7.07. The maximum absolute atomic E-state index is 8.15. The molecule has 18 heavy (non-hydrogen) atoms. The molecule has 0 saturated carbocycles. The van der Waals surface area contributed by atoms with E-state index >= 15 is 0 Å². The lowest BCUT2D eigenvalue weighted by atomic mass is 9.93. The van der Waals surface area contributed by atoms with Crippen LogP contribution in [-0.2, 0) is 0 Å². The van der Waals surface area contributed by atoms with Gasteiger partial charge in [-0.3, -0.25) is 4.90 Å². The van der Waals surface area contributed by atoms with Gasteiger partial charge in [-0.05, 0) is 11.1 Å². The average Bonchev–Trinajstić information content (AvgIpc) is 2.53. The highest BCUT2D eigenvalue weighted by Crippen LogP contribution is 2.31. The summed E-state index contributed by atoms with van der Waals surface area (Å²) in [5.74, 6) is 0. The van der Waals surface area contributed by atoms with E-state index in [9.17, 15) is 0 Å². The minimum Gasteiger partial charge on any atom is -0.325 e. The molecule has 2 nitrogen and oxygen atoms in total. The molecule has 2 aromatic carbocycles. The van der Waals surface area contributed by atoms with Gasteiger partial charge in [-0.15, -0.1) is 0 Å². The van der Waals surface area contributed by atoms with Crippen LogP contribution in [0.5, 0.6) is 0 Å². The number of likely N-dealkylation sites (tertiary alicyclic amines) is 1. The summed E-state index contributed by atoms with van der Waals surface area (Å²) >= 11 is 0. The Hall–Kier alpha value is -1.64. The summed E-state index contributed by atoms with van der Waals surface area (Å²) in [6.45, 7) is -4.60. The molecule has 1 fully saturated rings. The molecule has 0 aromatic heterocycles. The van der Waals surface area contributed by atoms with Gasteiger partial charge in [0.2, 0.25) is 0 Å². The molecule has 0 bridgehead atoms. The topological polar surface area (TPSA) is 29.3 Å². The van der Waals surface area contributed by atoms with Crippen LogP contribution < -0.4 is 5.73 Å². The highest BCUT2D eigenvalue weighted by atomic mass is 15.2. The Balaban J connectivity index is 2.14. The molecule has 1 aliphatic heterocycles. The summed E-state index contributed by atoms with van der Waals surface area (Å²) in [7, 11) is 0. The van der Waals surface area contributed by atoms with Gasteiger partial charge >= 0.3 is 0 Å². The van der Waals surface area contributed by atoms with Crippen LogP contribution in [0.4, 0.5) is 0 Å². The first-order chi connectivity index (χ1) is 10.7. The van der Waals surface area contributed by atoms with Crippen molar-refractivity contribution in [2.45, 2.75) is 12.1 Å². The van der Waals surface area contributed by atoms with E-state index in [1.54, 1.807) is 0 Å². The second-order valence-corrected chi connectivity index (χ2v) is 4.23. The van der Waals surface area contributed by atoms with Gasteiger partial charge in [0.15, 0.2) is 0 Å². The fraction of sp³-hybridized carbons (Fsp3) is 0.250. The molecule has 0 radical (unpaired) electrons. The second kappa shape index (κ2) is 4.92. The second-order valence-electron chi connectivity index (χ2n) is 4.23. The van der Waals surface area contributed by atoms with E-state index in [0.29, 0.717) is 0 Å². The van der Waals surface area contributed by atoms with E-state index in [-0.39, 0.29) is 0 Å². The molecule has 2 heteroatoms. The Bertz CT molecular complexity index is 631. The third-order valence-electron chi connectivity index (χ3n) is 2.97. The molecule has 2 aromatic rings. The van der Waals surface area contributed by atoms with Gasteiger partial charge in [-0.25, -0.2) is 0 Å². The van der Waals surface area contributed by atoms with Gasteiger partial charge in [0.1, 0.15) is 0 Å². The van der Waals surface area contributed by atoms with Crippen molar-refractivity contribution in [2.75, 3.05) is 13.0 Å². The number of nitrogens with two attached hydrogens (primary N) is 1. The van der Waals surface area contributed by atoms with Crippen molar-refractivity contribution >= 4 is 0 Å². The summed E-state index contributed by atoms with van der Waals surface area (Å²) in [5.41, 5.74) is 7.14. The zero-order chi connectivity index (χ0) is 16.9. The van der Waals surface area contributed by atoms with Crippen molar-refractivity contribution in [1.82, 2.24) is 4.90 Å². The molecule has 2 N–H and O–H groups in total. The maximum Gasteiger partial charge on any atom is 0.0602 e. The standard InChI is InChI=1S/C16H18N2/c17-15-11-18(12-15)16(13-7-3-1-4-8-13)14-9-5-2-6-10-14/h1-10,15-16H,11-12,17H2/i11D2,12D2,15D. The van der Waals surface area contributed by atoms with E-state index in [1.165, 1.54) is 0 Å². The number of rotatable bonds is 3. The quantitative estimate of drug-likeness (QED) is 0.897. The van der Waals surface area contributed by atoms with Crippen molar-refractivity contribution in [3.05, 3.63) is 71.8 Å². The molecular formula is C16H18N2. The minimum absolute atomic E-state index is 0.663. The third-order valence-corrected chi connectivity index (χ3v) is 2.97. The maximum atomic E-state index is 8.15. The number of hydrogen-bond acceptors (Lipinski definition) is 2. The Morgan fingerprint density at radius 3 is 1.89 bits per heavy atom. The largest absolute Gasteiger partial charge is 0.325 e. The van der Waals surface area contributed by atoms with E-state index in [2.05, 4.69) is 0 Å². The van der Waals surface area contributed by atoms with E-state index in [1.807, 2.05) is 60.7 Å². The predicted molar refractivity (Wildman–Crippen MR) is 74.3 cm³/mol. The van der Waals surface area contributed by atoms with Crippen molar-refractivity contribution in [3.63, 3.8) is 0 Å². The summed E-state index contributed by atoms with van der Waals surface area (Å²) in [6.07, 6.45) is 0. The summed E-state index contributed by atoms with van der Waals surface area (Å²) in [4.78, 5) is 1.05. The normalized spacial score (nSPS) is 28.2. The smallest absolute Gasteiger partial charge is 0.0602 e. The molecule has 0 amide bonds. The fourth-order valence-electron chi connectivity index (χ4n) is 2.15. The van der Waals surface area contributed by atoms with Gasteiger partial charge in [0, 0.05) is 25.9 Å². The molecule has 0 atom stereocenters. The predicted octanol–water partition coefficient (Wildman–Crippen LogP) is 2.42. The van der Waals surface area contributed by atoms with Crippen LogP contribution in [-0.4, -0.2) is 23.9 Å². The van der Waals surface area contributed by atoms with Crippen LogP contribution in [0.1, 0.15) is 24.0 Å². The van der Waals surface area contributed by atoms with E-state index in [4.69, 9.17) is 12.6 Å². The van der Waals surface area contributed by atoms with E-state index < -0.39 is 25.1 Å². The van der Waals surface area contributed by atoms with Crippen LogP contribution in [0.15, 0.2) is 60.7 Å². The van der Waals surface area contributed by atoms with Gasteiger partial charge in [-0.1, -0.05) is 60.7 Å². The zero-order valence-electron chi connectivity index (χ0n) is 14.9. The Morgan fingerprint density at radius 2 is 1.44 bits per heavy atom. The Kier molecular flexibility index (Phi) is 1.94. The van der Waals surface area contributed by atoms with Gasteiger partial charge in [0.05, 0.1) is 6.04 Å². The minimum atomic E-state index is -2.33. The molecule has 1 saturated heterocycles. The van der Waals surface area contributed by atoms with Crippen molar-refractivity contribution in [1.29, 1.82) is 0 Å². The molecule has 1 heterocycles. The molecular weight excluding hydrogens is 220 g/mol. The zero-order valence-corrected chi connectivity index (χ0v) is 9.88. The SMILES string of the molecule is [2H]C1([2H])N(C(c2ccccc2)c2ccccc2)C([2H])([2H])C1([2H])N. The highest BCUT2D eigenvalue weighted by Gasteiger charge is 2.31. The van der Waals surface area contributed by atoms with Crippen molar-refractivity contribution < 1.29 is 6.85 Å². The summed E-state index contributed by atoms with van der Waals surface area (Å²) in [5, 5.41) is 0. The van der Waals surface area contributed by atoms with Crippen LogP contribution >= 0.6 is 0 Å². The lowest BCUT2D eigenvalue weighted by molar-refractivity contribution is 0.114. The Morgan fingerprint density at radius 1 is 1.00 bits per heavy atom. The average molecular weight is 243 g/mol. The van der Waals surface area contributed by atoms with Gasteiger partial charge < -0.3 is 5.73 Å². The first-order valence-electron chi connectivity index (χ1n) is 8.39. The lowest BCUT2D eigenvalue weighted by Gasteiger charge is -2.43. The van der Waals surface area contributed by atoms with Gasteiger partial charge in [-0.2, -0.15) is 0 Å². The van der Waals surface area contributed by atoms with Gasteiger partial charge in [0.25, 0.3) is 0 Å². The molecule has 3 rings (SSSR count).